The van der Waals surface area contributed by atoms with Crippen molar-refractivity contribution in [3.05, 3.63) is 29.6 Å². The van der Waals surface area contributed by atoms with Crippen molar-refractivity contribution in [2.75, 3.05) is 47.3 Å². The summed E-state index contributed by atoms with van der Waals surface area (Å²) in [5.41, 5.74) is 2.12. The molecule has 0 spiro atoms. The number of carbonyl (C=O) groups is 1. The molecule has 2 heterocycles. The first-order valence-electron chi connectivity index (χ1n) is 7.50. The van der Waals surface area contributed by atoms with E-state index in [9.17, 15) is 4.79 Å². The van der Waals surface area contributed by atoms with Gasteiger partial charge in [-0.05, 0) is 26.1 Å². The second-order valence-corrected chi connectivity index (χ2v) is 6.20. The van der Waals surface area contributed by atoms with Gasteiger partial charge in [0.15, 0.2) is 0 Å². The average Bonchev–Trinajstić information content (AvgIpc) is 2.60. The Bertz CT molecular complexity index is 489. The number of hydrogen-bond acceptors (Lipinski definition) is 4. The van der Waals surface area contributed by atoms with Crippen LogP contribution in [0.3, 0.4) is 0 Å². The van der Waals surface area contributed by atoms with E-state index in [-0.39, 0.29) is 11.8 Å². The van der Waals surface area contributed by atoms with Crippen molar-refractivity contribution in [1.82, 2.24) is 19.7 Å². The van der Waals surface area contributed by atoms with E-state index >= 15 is 0 Å². The molecule has 1 aromatic rings. The quantitative estimate of drug-likeness (QED) is 0.827. The molecule has 2 rings (SSSR count). The number of likely N-dealkylation sites (N-methyl/N-ethyl adjacent to an activating group) is 1. The Labute approximate surface area is 127 Å². The van der Waals surface area contributed by atoms with E-state index in [1.54, 1.807) is 4.90 Å². The maximum absolute atomic E-state index is 12.3. The second kappa shape index (κ2) is 7.00. The topological polar surface area (TPSA) is 39.7 Å². The molecule has 1 fully saturated rings. The molecule has 0 N–H and O–H groups in total. The van der Waals surface area contributed by atoms with Gasteiger partial charge >= 0.3 is 0 Å². The van der Waals surface area contributed by atoms with Gasteiger partial charge in [-0.2, -0.15) is 0 Å². The van der Waals surface area contributed by atoms with Crippen molar-refractivity contribution in [1.29, 1.82) is 0 Å². The Morgan fingerprint density at radius 3 is 2.76 bits per heavy atom. The van der Waals surface area contributed by atoms with Crippen LogP contribution in [0.25, 0.3) is 0 Å². The number of aryl methyl sites for hydroxylation is 1. The van der Waals surface area contributed by atoms with E-state index in [0.717, 1.165) is 44.1 Å². The largest absolute Gasteiger partial charge is 0.348 e. The molecular weight excluding hydrogens is 264 g/mol. The van der Waals surface area contributed by atoms with Gasteiger partial charge in [0.05, 0.1) is 11.6 Å². The maximum atomic E-state index is 12.3. The first-order chi connectivity index (χ1) is 9.95. The molecule has 0 unspecified atom stereocenters. The predicted molar refractivity (Wildman–Crippen MR) is 83.9 cm³/mol. The van der Waals surface area contributed by atoms with Crippen molar-refractivity contribution < 1.29 is 4.79 Å². The summed E-state index contributed by atoms with van der Waals surface area (Å²) >= 11 is 0. The molecule has 5 nitrogen and oxygen atoms in total. The highest BCUT2D eigenvalue weighted by Crippen LogP contribution is 2.13. The molecule has 116 valence electrons. The second-order valence-electron chi connectivity index (χ2n) is 6.20. The summed E-state index contributed by atoms with van der Waals surface area (Å²) in [6.07, 6.45) is 0. The number of rotatable bonds is 3. The van der Waals surface area contributed by atoms with Crippen molar-refractivity contribution >= 4 is 5.91 Å². The fraction of sp³-hybridized carbons (Fsp3) is 0.625. The number of pyridine rings is 1. The molecule has 0 aromatic carbocycles. The lowest BCUT2D eigenvalue weighted by Gasteiger charge is -2.25. The average molecular weight is 290 g/mol. The highest BCUT2D eigenvalue weighted by atomic mass is 16.2. The van der Waals surface area contributed by atoms with Gasteiger partial charge < -0.3 is 9.80 Å². The first kappa shape index (κ1) is 15.9. The van der Waals surface area contributed by atoms with Gasteiger partial charge in [0, 0.05) is 52.5 Å². The SMILES string of the molecule is Cc1cccc(CN2CCN(C)C[C@@H](C(=O)N(C)C)C2)n1. The lowest BCUT2D eigenvalue weighted by Crippen LogP contribution is -2.40. The molecule has 1 aliphatic heterocycles. The minimum absolute atomic E-state index is 0.0392. The van der Waals surface area contributed by atoms with Crippen LogP contribution in [-0.4, -0.2) is 72.9 Å². The molecule has 0 aliphatic carbocycles. The van der Waals surface area contributed by atoms with E-state index in [1.165, 1.54) is 0 Å². The molecular formula is C16H26N4O. The highest BCUT2D eigenvalue weighted by molar-refractivity contribution is 5.78. The van der Waals surface area contributed by atoms with Crippen LogP contribution in [0, 0.1) is 12.8 Å². The Morgan fingerprint density at radius 2 is 2.10 bits per heavy atom. The van der Waals surface area contributed by atoms with Gasteiger partial charge in [0.25, 0.3) is 0 Å². The van der Waals surface area contributed by atoms with Crippen LogP contribution in [-0.2, 0) is 11.3 Å². The van der Waals surface area contributed by atoms with E-state index in [0.29, 0.717) is 0 Å². The van der Waals surface area contributed by atoms with Gasteiger partial charge in [-0.15, -0.1) is 0 Å². The van der Waals surface area contributed by atoms with E-state index in [4.69, 9.17) is 0 Å². The molecule has 1 aliphatic rings. The number of aromatic nitrogens is 1. The fourth-order valence-electron chi connectivity index (χ4n) is 2.82. The highest BCUT2D eigenvalue weighted by Gasteiger charge is 2.27. The van der Waals surface area contributed by atoms with Crippen LogP contribution >= 0.6 is 0 Å². The zero-order chi connectivity index (χ0) is 15.4. The predicted octanol–water partition coefficient (Wildman–Crippen LogP) is 0.842. The summed E-state index contributed by atoms with van der Waals surface area (Å²) in [5, 5.41) is 0. The lowest BCUT2D eigenvalue weighted by atomic mass is 10.1. The number of carbonyl (C=O) groups excluding carboxylic acids is 1. The molecule has 1 atom stereocenters. The summed E-state index contributed by atoms with van der Waals surface area (Å²) in [5.74, 6) is 0.253. The number of nitrogens with zero attached hydrogens (tertiary/aromatic N) is 4. The summed E-state index contributed by atoms with van der Waals surface area (Å²) < 4.78 is 0. The Balaban J connectivity index is 2.06. The van der Waals surface area contributed by atoms with Crippen molar-refractivity contribution in [3.8, 4) is 0 Å². The van der Waals surface area contributed by atoms with Crippen molar-refractivity contribution in [2.45, 2.75) is 13.5 Å². The third kappa shape index (κ3) is 4.51. The first-order valence-corrected chi connectivity index (χ1v) is 7.50. The standard InChI is InChI=1S/C16H26N4O/c1-13-6-5-7-15(17-13)12-20-9-8-19(4)10-14(11-20)16(21)18(2)3/h5-7,14H,8-12H2,1-4H3/t14-/m1/s1. The minimum Gasteiger partial charge on any atom is -0.348 e. The fourth-order valence-corrected chi connectivity index (χ4v) is 2.82. The molecule has 21 heavy (non-hydrogen) atoms. The summed E-state index contributed by atoms with van der Waals surface area (Å²) in [4.78, 5) is 23.2. The summed E-state index contributed by atoms with van der Waals surface area (Å²) in [6, 6.07) is 6.12. The smallest absolute Gasteiger partial charge is 0.227 e. The Morgan fingerprint density at radius 1 is 1.33 bits per heavy atom. The third-order valence-electron chi connectivity index (χ3n) is 3.93. The van der Waals surface area contributed by atoms with Gasteiger partial charge in [-0.25, -0.2) is 0 Å². The van der Waals surface area contributed by atoms with Crippen LogP contribution in [0.15, 0.2) is 18.2 Å². The minimum atomic E-state index is 0.0392. The lowest BCUT2D eigenvalue weighted by molar-refractivity contribution is -0.133. The van der Waals surface area contributed by atoms with Crippen LogP contribution in [0.2, 0.25) is 0 Å². The molecule has 0 saturated carbocycles. The number of amides is 1. The van der Waals surface area contributed by atoms with Crippen LogP contribution in [0.5, 0.6) is 0 Å². The molecule has 1 aromatic heterocycles. The van der Waals surface area contributed by atoms with Gasteiger partial charge in [-0.1, -0.05) is 6.07 Å². The maximum Gasteiger partial charge on any atom is 0.227 e. The molecule has 1 saturated heterocycles. The monoisotopic (exact) mass is 290 g/mol. The van der Waals surface area contributed by atoms with Crippen molar-refractivity contribution in [2.24, 2.45) is 5.92 Å². The molecule has 0 bridgehead atoms. The van der Waals surface area contributed by atoms with Gasteiger partial charge in [-0.3, -0.25) is 14.7 Å². The zero-order valence-corrected chi connectivity index (χ0v) is 13.5. The molecule has 5 heteroatoms. The van der Waals surface area contributed by atoms with Crippen LogP contribution in [0.4, 0.5) is 0 Å². The summed E-state index contributed by atoms with van der Waals surface area (Å²) in [6.45, 7) is 6.42. The van der Waals surface area contributed by atoms with Crippen LogP contribution in [0.1, 0.15) is 11.4 Å². The van der Waals surface area contributed by atoms with E-state index in [2.05, 4.69) is 27.9 Å². The van der Waals surface area contributed by atoms with Crippen molar-refractivity contribution in [3.63, 3.8) is 0 Å². The van der Waals surface area contributed by atoms with Gasteiger partial charge in [0.2, 0.25) is 5.91 Å². The summed E-state index contributed by atoms with van der Waals surface area (Å²) in [7, 11) is 5.75. The Kier molecular flexibility index (Phi) is 5.31. The van der Waals surface area contributed by atoms with E-state index < -0.39 is 0 Å². The van der Waals surface area contributed by atoms with Gasteiger partial charge in [0.1, 0.15) is 0 Å². The zero-order valence-electron chi connectivity index (χ0n) is 13.5. The Hall–Kier alpha value is -1.46. The third-order valence-corrected chi connectivity index (χ3v) is 3.93. The number of hydrogen-bond donors (Lipinski definition) is 0. The normalized spacial score (nSPS) is 21.0. The molecule has 0 radical (unpaired) electrons. The van der Waals surface area contributed by atoms with E-state index in [1.807, 2.05) is 33.2 Å². The van der Waals surface area contributed by atoms with Crippen LogP contribution < -0.4 is 0 Å². The molecule has 1 amide bonds.